The third-order valence-corrected chi connectivity index (χ3v) is 5.75. The Kier molecular flexibility index (Phi) is 4.94. The van der Waals surface area contributed by atoms with Crippen molar-refractivity contribution in [1.82, 2.24) is 9.97 Å². The van der Waals surface area contributed by atoms with Crippen molar-refractivity contribution in [2.24, 2.45) is 0 Å². The summed E-state index contributed by atoms with van der Waals surface area (Å²) in [7, 11) is 0. The molecule has 1 fully saturated rings. The molecule has 140 valence electrons. The quantitative estimate of drug-likeness (QED) is 0.680. The molecule has 1 aliphatic rings. The van der Waals surface area contributed by atoms with Gasteiger partial charge in [0, 0.05) is 18.7 Å². The Labute approximate surface area is 161 Å². The van der Waals surface area contributed by atoms with E-state index in [9.17, 15) is 9.90 Å². The molecule has 1 saturated heterocycles. The van der Waals surface area contributed by atoms with E-state index >= 15 is 0 Å². The molecule has 0 amide bonds. The van der Waals surface area contributed by atoms with Gasteiger partial charge in [-0.2, -0.15) is 0 Å². The van der Waals surface area contributed by atoms with E-state index in [0.29, 0.717) is 16.0 Å². The van der Waals surface area contributed by atoms with Crippen LogP contribution in [0.4, 0.5) is 5.82 Å². The largest absolute Gasteiger partial charge is 0.504 e. The Bertz CT molecular complexity index is 966. The fraction of sp³-hybridized carbons (Fsp3) is 0.350. The third-order valence-electron chi connectivity index (χ3n) is 4.64. The molecule has 3 aromatic rings. The highest BCUT2D eigenvalue weighted by Crippen LogP contribution is 2.41. The molecule has 0 radical (unpaired) electrons. The predicted octanol–water partition coefficient (Wildman–Crippen LogP) is 4.23. The number of esters is 1. The van der Waals surface area contributed by atoms with Gasteiger partial charge in [0.2, 0.25) is 0 Å². The lowest BCUT2D eigenvalue weighted by Gasteiger charge is -2.28. The van der Waals surface area contributed by atoms with Gasteiger partial charge in [-0.15, -0.1) is 11.3 Å². The molecule has 2 aromatic heterocycles. The van der Waals surface area contributed by atoms with Crippen LogP contribution in [0.3, 0.4) is 0 Å². The summed E-state index contributed by atoms with van der Waals surface area (Å²) in [6, 6.07) is 9.82. The fourth-order valence-corrected chi connectivity index (χ4v) is 4.33. The monoisotopic (exact) mass is 383 g/mol. The lowest BCUT2D eigenvalue weighted by molar-refractivity contribution is 0.0516. The lowest BCUT2D eigenvalue weighted by atomic mass is 10.1. The molecule has 27 heavy (non-hydrogen) atoms. The van der Waals surface area contributed by atoms with Crippen LogP contribution in [0.15, 0.2) is 30.3 Å². The zero-order valence-electron chi connectivity index (χ0n) is 15.1. The van der Waals surface area contributed by atoms with Gasteiger partial charge in [0.1, 0.15) is 15.2 Å². The average Bonchev–Trinajstić information content (AvgIpc) is 3.16. The SMILES string of the molecule is CCOC(=O)c1nc(N2CCCCC2)c2nc(-c3ccccc3)sc2c1O. The lowest BCUT2D eigenvalue weighted by Crippen LogP contribution is -2.30. The van der Waals surface area contributed by atoms with Gasteiger partial charge in [-0.1, -0.05) is 30.3 Å². The minimum absolute atomic E-state index is 0.0341. The summed E-state index contributed by atoms with van der Waals surface area (Å²) in [6.45, 7) is 3.70. The highest BCUT2D eigenvalue weighted by atomic mass is 32.1. The van der Waals surface area contributed by atoms with E-state index in [1.165, 1.54) is 17.8 Å². The van der Waals surface area contributed by atoms with Gasteiger partial charge in [-0.25, -0.2) is 14.8 Å². The Morgan fingerprint density at radius 1 is 1.19 bits per heavy atom. The van der Waals surface area contributed by atoms with E-state index < -0.39 is 5.97 Å². The first-order chi connectivity index (χ1) is 13.2. The number of thiazole rings is 1. The second-order valence-electron chi connectivity index (χ2n) is 6.46. The molecule has 0 bridgehead atoms. The molecule has 0 aliphatic carbocycles. The van der Waals surface area contributed by atoms with Crippen molar-refractivity contribution in [1.29, 1.82) is 0 Å². The van der Waals surface area contributed by atoms with Gasteiger partial charge in [-0.3, -0.25) is 0 Å². The number of hydrogen-bond acceptors (Lipinski definition) is 7. The Hall–Kier alpha value is -2.67. The molecule has 3 heterocycles. The first-order valence-electron chi connectivity index (χ1n) is 9.20. The van der Waals surface area contributed by atoms with Crippen LogP contribution in [0.1, 0.15) is 36.7 Å². The van der Waals surface area contributed by atoms with E-state index in [1.807, 2.05) is 30.3 Å². The molecule has 0 spiro atoms. The standard InChI is InChI=1S/C20H21N3O3S/c1-2-26-20(25)14-16(24)17-15(18(21-14)23-11-7-4-8-12-23)22-19(27-17)13-9-5-3-6-10-13/h3,5-6,9-10,24H,2,4,7-8,11-12H2,1H3. The Balaban J connectivity index is 1.90. The maximum Gasteiger partial charge on any atom is 0.360 e. The summed E-state index contributed by atoms with van der Waals surface area (Å²) in [5.74, 6) is -0.0994. The molecule has 7 heteroatoms. The van der Waals surface area contributed by atoms with E-state index in [0.717, 1.165) is 36.5 Å². The number of hydrogen-bond donors (Lipinski definition) is 1. The van der Waals surface area contributed by atoms with Crippen molar-refractivity contribution in [2.75, 3.05) is 24.6 Å². The van der Waals surface area contributed by atoms with Crippen LogP contribution in [-0.2, 0) is 4.74 Å². The first-order valence-corrected chi connectivity index (χ1v) is 10.0. The summed E-state index contributed by atoms with van der Waals surface area (Å²) in [6.07, 6.45) is 3.34. The zero-order chi connectivity index (χ0) is 18.8. The van der Waals surface area contributed by atoms with E-state index in [1.54, 1.807) is 6.92 Å². The number of aromatic hydroxyl groups is 1. The molecular formula is C20H21N3O3S. The number of anilines is 1. The van der Waals surface area contributed by atoms with Crippen molar-refractivity contribution in [3.63, 3.8) is 0 Å². The molecule has 0 unspecified atom stereocenters. The molecule has 0 saturated carbocycles. The Morgan fingerprint density at radius 3 is 2.63 bits per heavy atom. The van der Waals surface area contributed by atoms with Crippen LogP contribution in [0, 0.1) is 0 Å². The molecular weight excluding hydrogens is 362 g/mol. The molecule has 1 aliphatic heterocycles. The number of rotatable bonds is 4. The topological polar surface area (TPSA) is 75.5 Å². The number of piperidine rings is 1. The molecule has 0 atom stereocenters. The molecule has 1 N–H and O–H groups in total. The Morgan fingerprint density at radius 2 is 1.93 bits per heavy atom. The number of aromatic nitrogens is 2. The summed E-state index contributed by atoms with van der Waals surface area (Å²) >= 11 is 1.37. The van der Waals surface area contributed by atoms with Gasteiger partial charge in [0.15, 0.2) is 17.3 Å². The predicted molar refractivity (Wildman–Crippen MR) is 107 cm³/mol. The first kappa shape index (κ1) is 17.7. The van der Waals surface area contributed by atoms with Crippen molar-refractivity contribution in [2.45, 2.75) is 26.2 Å². The minimum atomic E-state index is -0.607. The number of carbonyl (C=O) groups is 1. The highest BCUT2D eigenvalue weighted by Gasteiger charge is 2.26. The summed E-state index contributed by atoms with van der Waals surface area (Å²) in [5.41, 5.74) is 1.58. The highest BCUT2D eigenvalue weighted by molar-refractivity contribution is 7.22. The van der Waals surface area contributed by atoms with Crippen LogP contribution in [-0.4, -0.2) is 40.7 Å². The number of fused-ring (bicyclic) bond motifs is 1. The summed E-state index contributed by atoms with van der Waals surface area (Å²) in [4.78, 5) is 23.8. The number of carbonyl (C=O) groups excluding carboxylic acids is 1. The third kappa shape index (κ3) is 3.35. The second-order valence-corrected chi connectivity index (χ2v) is 7.46. The molecule has 4 rings (SSSR count). The van der Waals surface area contributed by atoms with Crippen LogP contribution in [0.2, 0.25) is 0 Å². The molecule has 6 nitrogen and oxygen atoms in total. The van der Waals surface area contributed by atoms with Crippen LogP contribution in [0.5, 0.6) is 5.75 Å². The van der Waals surface area contributed by atoms with Crippen molar-refractivity contribution in [3.05, 3.63) is 36.0 Å². The normalized spacial score (nSPS) is 14.5. The minimum Gasteiger partial charge on any atom is -0.504 e. The smallest absolute Gasteiger partial charge is 0.360 e. The van der Waals surface area contributed by atoms with Crippen molar-refractivity contribution in [3.8, 4) is 16.3 Å². The number of nitrogens with zero attached hydrogens (tertiary/aromatic N) is 3. The van der Waals surface area contributed by atoms with Gasteiger partial charge in [0.05, 0.1) is 6.61 Å². The number of pyridine rings is 1. The van der Waals surface area contributed by atoms with E-state index in [2.05, 4.69) is 9.88 Å². The van der Waals surface area contributed by atoms with Gasteiger partial charge in [0.25, 0.3) is 0 Å². The average molecular weight is 383 g/mol. The summed E-state index contributed by atoms with van der Waals surface area (Å²) in [5, 5.41) is 11.5. The van der Waals surface area contributed by atoms with Gasteiger partial charge in [-0.05, 0) is 26.2 Å². The van der Waals surface area contributed by atoms with Crippen LogP contribution in [0.25, 0.3) is 20.8 Å². The zero-order valence-corrected chi connectivity index (χ0v) is 16.0. The van der Waals surface area contributed by atoms with Gasteiger partial charge >= 0.3 is 5.97 Å². The second kappa shape index (κ2) is 7.52. The van der Waals surface area contributed by atoms with Crippen molar-refractivity contribution < 1.29 is 14.6 Å². The van der Waals surface area contributed by atoms with Crippen LogP contribution < -0.4 is 4.90 Å². The van der Waals surface area contributed by atoms with Crippen molar-refractivity contribution >= 4 is 33.3 Å². The van der Waals surface area contributed by atoms with Crippen LogP contribution >= 0.6 is 11.3 Å². The maximum absolute atomic E-state index is 12.3. The summed E-state index contributed by atoms with van der Waals surface area (Å²) < 4.78 is 5.67. The number of benzene rings is 1. The molecule has 1 aromatic carbocycles. The van der Waals surface area contributed by atoms with Gasteiger partial charge < -0.3 is 14.7 Å². The van der Waals surface area contributed by atoms with E-state index in [-0.39, 0.29) is 18.1 Å². The van der Waals surface area contributed by atoms with E-state index in [4.69, 9.17) is 9.72 Å². The maximum atomic E-state index is 12.3. The number of ether oxygens (including phenoxy) is 1. The fourth-order valence-electron chi connectivity index (χ4n) is 3.32.